The summed E-state index contributed by atoms with van der Waals surface area (Å²) in [6.45, 7) is 0.369. The lowest BCUT2D eigenvalue weighted by Gasteiger charge is -2.13. The van der Waals surface area contributed by atoms with Crippen molar-refractivity contribution in [2.45, 2.75) is 13.1 Å². The topological polar surface area (TPSA) is 56.9 Å². The third-order valence-corrected chi connectivity index (χ3v) is 4.42. The summed E-state index contributed by atoms with van der Waals surface area (Å²) in [6.07, 6.45) is 1.55. The van der Waals surface area contributed by atoms with Gasteiger partial charge < -0.3 is 0 Å². The van der Waals surface area contributed by atoms with Gasteiger partial charge in [-0.05, 0) is 35.4 Å². The van der Waals surface area contributed by atoms with Crippen LogP contribution in [0, 0.1) is 5.82 Å². The van der Waals surface area contributed by atoms with Crippen LogP contribution in [-0.4, -0.2) is 14.1 Å². The van der Waals surface area contributed by atoms with E-state index in [0.717, 1.165) is 11.1 Å². The van der Waals surface area contributed by atoms with Gasteiger partial charge in [-0.1, -0.05) is 42.5 Å². The summed E-state index contributed by atoms with van der Waals surface area (Å²) < 4.78 is 15.9. The molecule has 0 spiro atoms. The first-order valence-corrected chi connectivity index (χ1v) is 8.50. The molecule has 0 aliphatic rings. The SMILES string of the molecule is O=c1c2cccnc2n(Cc2ccc(F)cc2)c(=O)n1Cc1ccccc1. The molecule has 0 fully saturated rings. The highest BCUT2D eigenvalue weighted by Gasteiger charge is 2.14. The average Bonchev–Trinajstić information content (AvgIpc) is 2.71. The van der Waals surface area contributed by atoms with Gasteiger partial charge >= 0.3 is 5.69 Å². The third kappa shape index (κ3) is 3.29. The number of aromatic nitrogens is 3. The van der Waals surface area contributed by atoms with E-state index in [1.54, 1.807) is 30.5 Å². The van der Waals surface area contributed by atoms with Gasteiger partial charge in [0.15, 0.2) is 0 Å². The first-order chi connectivity index (χ1) is 13.1. The van der Waals surface area contributed by atoms with E-state index in [0.29, 0.717) is 11.0 Å². The molecule has 134 valence electrons. The van der Waals surface area contributed by atoms with Crippen molar-refractivity contribution < 1.29 is 4.39 Å². The number of fused-ring (bicyclic) bond motifs is 1. The number of rotatable bonds is 4. The number of nitrogens with zero attached hydrogens (tertiary/aromatic N) is 3. The Hall–Kier alpha value is -3.54. The molecule has 27 heavy (non-hydrogen) atoms. The zero-order chi connectivity index (χ0) is 18.8. The zero-order valence-corrected chi connectivity index (χ0v) is 14.4. The molecule has 0 saturated heterocycles. The van der Waals surface area contributed by atoms with Gasteiger partial charge in [0.05, 0.1) is 18.5 Å². The molecule has 6 heteroatoms. The first kappa shape index (κ1) is 16.9. The Labute approximate surface area is 154 Å². The zero-order valence-electron chi connectivity index (χ0n) is 14.4. The largest absolute Gasteiger partial charge is 0.333 e. The Morgan fingerprint density at radius 1 is 0.778 bits per heavy atom. The van der Waals surface area contributed by atoms with Gasteiger partial charge in [-0.2, -0.15) is 0 Å². The molecule has 0 aliphatic carbocycles. The van der Waals surface area contributed by atoms with Crippen LogP contribution in [0.5, 0.6) is 0 Å². The maximum Gasteiger partial charge on any atom is 0.333 e. The molecule has 0 saturated carbocycles. The number of hydrogen-bond donors (Lipinski definition) is 0. The van der Waals surface area contributed by atoms with Crippen molar-refractivity contribution in [3.8, 4) is 0 Å². The van der Waals surface area contributed by atoms with Crippen molar-refractivity contribution in [2.75, 3.05) is 0 Å². The minimum atomic E-state index is -0.445. The molecule has 0 radical (unpaired) electrons. The highest BCUT2D eigenvalue weighted by molar-refractivity contribution is 5.73. The summed E-state index contributed by atoms with van der Waals surface area (Å²) in [5, 5.41) is 0.371. The van der Waals surface area contributed by atoms with Crippen LogP contribution in [0.4, 0.5) is 4.39 Å². The number of pyridine rings is 1. The monoisotopic (exact) mass is 361 g/mol. The van der Waals surface area contributed by atoms with E-state index in [9.17, 15) is 14.0 Å². The van der Waals surface area contributed by atoms with Gasteiger partial charge in [-0.3, -0.25) is 13.9 Å². The summed E-state index contributed by atoms with van der Waals surface area (Å²) in [7, 11) is 0. The molecule has 2 aromatic heterocycles. The Bertz CT molecular complexity index is 1210. The fourth-order valence-corrected chi connectivity index (χ4v) is 3.07. The van der Waals surface area contributed by atoms with Gasteiger partial charge in [0.1, 0.15) is 11.5 Å². The highest BCUT2D eigenvalue weighted by atomic mass is 19.1. The van der Waals surface area contributed by atoms with Crippen molar-refractivity contribution >= 4 is 11.0 Å². The molecular formula is C21H16FN3O2. The molecule has 0 N–H and O–H groups in total. The first-order valence-electron chi connectivity index (χ1n) is 8.50. The van der Waals surface area contributed by atoms with E-state index in [1.807, 2.05) is 30.3 Å². The predicted molar refractivity (Wildman–Crippen MR) is 101 cm³/mol. The van der Waals surface area contributed by atoms with Crippen molar-refractivity contribution in [2.24, 2.45) is 0 Å². The number of benzene rings is 2. The Morgan fingerprint density at radius 3 is 2.19 bits per heavy atom. The summed E-state index contributed by atoms with van der Waals surface area (Å²) in [6, 6.07) is 18.6. The van der Waals surface area contributed by atoms with Gasteiger partial charge in [-0.15, -0.1) is 0 Å². The standard InChI is InChI=1S/C21H16FN3O2/c22-17-10-8-16(9-11-17)13-24-19-18(7-4-12-23-19)20(26)25(21(24)27)14-15-5-2-1-3-6-15/h1-12H,13-14H2. The van der Waals surface area contributed by atoms with Crippen LogP contribution in [0.1, 0.15) is 11.1 Å². The summed E-state index contributed by atoms with van der Waals surface area (Å²) in [4.78, 5) is 30.2. The molecule has 4 aromatic rings. The number of halogens is 1. The van der Waals surface area contributed by atoms with Crippen molar-refractivity contribution in [1.29, 1.82) is 0 Å². The van der Waals surface area contributed by atoms with E-state index in [-0.39, 0.29) is 24.5 Å². The minimum Gasteiger partial charge on any atom is -0.273 e. The second-order valence-electron chi connectivity index (χ2n) is 6.25. The smallest absolute Gasteiger partial charge is 0.273 e. The molecule has 0 unspecified atom stereocenters. The van der Waals surface area contributed by atoms with Crippen LogP contribution in [-0.2, 0) is 13.1 Å². The van der Waals surface area contributed by atoms with E-state index in [1.165, 1.54) is 21.3 Å². The molecule has 2 aromatic carbocycles. The van der Waals surface area contributed by atoms with E-state index in [2.05, 4.69) is 4.98 Å². The van der Waals surface area contributed by atoms with Crippen LogP contribution >= 0.6 is 0 Å². The lowest BCUT2D eigenvalue weighted by molar-refractivity contribution is 0.619. The van der Waals surface area contributed by atoms with Crippen LogP contribution in [0.15, 0.2) is 82.5 Å². The van der Waals surface area contributed by atoms with Gasteiger partial charge in [0, 0.05) is 6.20 Å². The maximum absolute atomic E-state index is 13.2. The summed E-state index contributed by atoms with van der Waals surface area (Å²) >= 11 is 0. The quantitative estimate of drug-likeness (QED) is 0.562. The minimum absolute atomic E-state index is 0.173. The lowest BCUT2D eigenvalue weighted by atomic mass is 10.2. The fraction of sp³-hybridized carbons (Fsp3) is 0.0952. The van der Waals surface area contributed by atoms with E-state index in [4.69, 9.17) is 0 Å². The van der Waals surface area contributed by atoms with Crippen molar-refractivity contribution in [3.05, 3.63) is 111 Å². The summed E-state index contributed by atoms with van der Waals surface area (Å²) in [5.41, 5.74) is 1.10. The molecule has 4 rings (SSSR count). The highest BCUT2D eigenvalue weighted by Crippen LogP contribution is 2.09. The molecule has 2 heterocycles. The van der Waals surface area contributed by atoms with E-state index < -0.39 is 5.69 Å². The lowest BCUT2D eigenvalue weighted by Crippen LogP contribution is -2.40. The molecule has 5 nitrogen and oxygen atoms in total. The third-order valence-electron chi connectivity index (χ3n) is 4.42. The predicted octanol–water partition coefficient (Wildman–Crippen LogP) is 2.79. The number of hydrogen-bond acceptors (Lipinski definition) is 3. The molecular weight excluding hydrogens is 345 g/mol. The molecule has 0 bridgehead atoms. The maximum atomic E-state index is 13.2. The average molecular weight is 361 g/mol. The molecule has 0 amide bonds. The van der Waals surface area contributed by atoms with Gasteiger partial charge in [0.2, 0.25) is 0 Å². The second kappa shape index (κ2) is 6.99. The van der Waals surface area contributed by atoms with Gasteiger partial charge in [0.25, 0.3) is 5.56 Å². The van der Waals surface area contributed by atoms with Gasteiger partial charge in [-0.25, -0.2) is 14.2 Å². The van der Waals surface area contributed by atoms with Crippen molar-refractivity contribution in [1.82, 2.24) is 14.1 Å². The van der Waals surface area contributed by atoms with Crippen LogP contribution in [0.25, 0.3) is 11.0 Å². The van der Waals surface area contributed by atoms with Crippen LogP contribution < -0.4 is 11.2 Å². The fourth-order valence-electron chi connectivity index (χ4n) is 3.07. The Balaban J connectivity index is 1.90. The second-order valence-corrected chi connectivity index (χ2v) is 6.25. The molecule has 0 aliphatic heterocycles. The molecule has 0 atom stereocenters. The Morgan fingerprint density at radius 2 is 1.44 bits per heavy atom. The summed E-state index contributed by atoms with van der Waals surface area (Å²) in [5.74, 6) is -0.344. The van der Waals surface area contributed by atoms with Crippen LogP contribution in [0.2, 0.25) is 0 Å². The van der Waals surface area contributed by atoms with E-state index >= 15 is 0 Å². The normalized spacial score (nSPS) is 11.0. The van der Waals surface area contributed by atoms with Crippen molar-refractivity contribution in [3.63, 3.8) is 0 Å². The Kier molecular flexibility index (Phi) is 4.38. The van der Waals surface area contributed by atoms with Crippen LogP contribution in [0.3, 0.4) is 0 Å².